The molecule has 1 aromatic rings. The predicted molar refractivity (Wildman–Crippen MR) is 80.8 cm³/mol. The fourth-order valence-electron chi connectivity index (χ4n) is 1.72. The molecule has 0 aliphatic rings. The van der Waals surface area contributed by atoms with E-state index in [2.05, 4.69) is 10.3 Å². The summed E-state index contributed by atoms with van der Waals surface area (Å²) in [4.78, 5) is 6.28. The summed E-state index contributed by atoms with van der Waals surface area (Å²) in [5.41, 5.74) is 1.08. The molecule has 0 amide bonds. The summed E-state index contributed by atoms with van der Waals surface area (Å²) in [6, 6.07) is 7.84. The van der Waals surface area contributed by atoms with Crippen molar-refractivity contribution in [3.05, 3.63) is 34.9 Å². The number of hydrogen-bond donors (Lipinski definition) is 1. The summed E-state index contributed by atoms with van der Waals surface area (Å²) in [7, 11) is 3.76. The van der Waals surface area contributed by atoms with E-state index >= 15 is 0 Å². The van der Waals surface area contributed by atoms with E-state index in [1.54, 1.807) is 7.05 Å². The Morgan fingerprint density at radius 3 is 2.79 bits per heavy atom. The monoisotopic (exact) mass is 283 g/mol. The third-order valence-corrected chi connectivity index (χ3v) is 3.04. The quantitative estimate of drug-likeness (QED) is 0.495. The van der Waals surface area contributed by atoms with Crippen LogP contribution in [0.3, 0.4) is 0 Å². The summed E-state index contributed by atoms with van der Waals surface area (Å²) in [6.07, 6.45) is 0. The average Bonchev–Trinajstić information content (AvgIpc) is 2.41. The Hall–Kier alpha value is -1.26. The van der Waals surface area contributed by atoms with Gasteiger partial charge in [-0.2, -0.15) is 0 Å². The molecule has 4 nitrogen and oxygen atoms in total. The molecule has 0 aliphatic carbocycles. The van der Waals surface area contributed by atoms with Gasteiger partial charge in [-0.05, 0) is 18.6 Å². The Bertz CT molecular complexity index is 409. The van der Waals surface area contributed by atoms with Crippen molar-refractivity contribution in [1.29, 1.82) is 0 Å². The molecule has 5 heteroatoms. The first-order chi connectivity index (χ1) is 9.19. The first kappa shape index (κ1) is 15.8. The van der Waals surface area contributed by atoms with Crippen LogP contribution in [0.1, 0.15) is 12.5 Å². The van der Waals surface area contributed by atoms with Gasteiger partial charge in [-0.3, -0.25) is 4.99 Å². The standard InChI is InChI=1S/C14H22ClN3O/c1-4-19-10-9-17-14(16-2)18(3)11-12-7-5-6-8-13(12)15/h5-8H,4,9-11H2,1-3H3,(H,16,17). The van der Waals surface area contributed by atoms with Crippen LogP contribution < -0.4 is 5.32 Å². The maximum Gasteiger partial charge on any atom is 0.193 e. The third-order valence-electron chi connectivity index (χ3n) is 2.67. The molecular weight excluding hydrogens is 262 g/mol. The highest BCUT2D eigenvalue weighted by Crippen LogP contribution is 2.16. The van der Waals surface area contributed by atoms with Crippen LogP contribution in [-0.2, 0) is 11.3 Å². The van der Waals surface area contributed by atoms with Crippen molar-refractivity contribution < 1.29 is 4.74 Å². The predicted octanol–water partition coefficient (Wildman–Crippen LogP) is 2.38. The van der Waals surface area contributed by atoms with E-state index in [1.807, 2.05) is 43.1 Å². The van der Waals surface area contributed by atoms with Crippen LogP contribution in [0, 0.1) is 0 Å². The van der Waals surface area contributed by atoms with Crippen molar-refractivity contribution in [1.82, 2.24) is 10.2 Å². The van der Waals surface area contributed by atoms with Crippen molar-refractivity contribution in [2.75, 3.05) is 33.9 Å². The number of hydrogen-bond acceptors (Lipinski definition) is 2. The Balaban J connectivity index is 2.50. The SMILES string of the molecule is CCOCCNC(=NC)N(C)Cc1ccccc1Cl. The summed E-state index contributed by atoms with van der Waals surface area (Å²) in [5.74, 6) is 0.833. The van der Waals surface area contributed by atoms with Crippen LogP contribution >= 0.6 is 11.6 Å². The minimum Gasteiger partial charge on any atom is -0.380 e. The highest BCUT2D eigenvalue weighted by atomic mass is 35.5. The van der Waals surface area contributed by atoms with Gasteiger partial charge in [0.15, 0.2) is 5.96 Å². The molecule has 0 bridgehead atoms. The zero-order valence-electron chi connectivity index (χ0n) is 11.8. The van der Waals surface area contributed by atoms with Gasteiger partial charge in [-0.25, -0.2) is 0 Å². The summed E-state index contributed by atoms with van der Waals surface area (Å²) in [5, 5.41) is 4.03. The van der Waals surface area contributed by atoms with Crippen molar-refractivity contribution in [3.8, 4) is 0 Å². The van der Waals surface area contributed by atoms with Crippen LogP contribution in [0.25, 0.3) is 0 Å². The topological polar surface area (TPSA) is 36.9 Å². The van der Waals surface area contributed by atoms with Crippen LogP contribution in [0.4, 0.5) is 0 Å². The molecule has 0 saturated carbocycles. The zero-order valence-corrected chi connectivity index (χ0v) is 12.6. The van der Waals surface area contributed by atoms with Gasteiger partial charge in [-0.1, -0.05) is 29.8 Å². The Morgan fingerprint density at radius 2 is 2.16 bits per heavy atom. The smallest absolute Gasteiger partial charge is 0.193 e. The summed E-state index contributed by atoms with van der Waals surface area (Å²) >= 11 is 6.15. The fourth-order valence-corrected chi connectivity index (χ4v) is 1.92. The van der Waals surface area contributed by atoms with Crippen LogP contribution in [0.5, 0.6) is 0 Å². The maximum atomic E-state index is 6.15. The number of guanidine groups is 1. The first-order valence-corrected chi connectivity index (χ1v) is 6.79. The number of nitrogens with one attached hydrogen (secondary N) is 1. The lowest BCUT2D eigenvalue weighted by molar-refractivity contribution is 0.152. The summed E-state index contributed by atoms with van der Waals surface area (Å²) < 4.78 is 5.29. The van der Waals surface area contributed by atoms with Gasteiger partial charge in [0.05, 0.1) is 6.61 Å². The molecule has 1 N–H and O–H groups in total. The van der Waals surface area contributed by atoms with E-state index in [4.69, 9.17) is 16.3 Å². The van der Waals surface area contributed by atoms with E-state index in [1.165, 1.54) is 0 Å². The second-order valence-corrected chi connectivity index (χ2v) is 4.53. The average molecular weight is 284 g/mol. The molecule has 0 aromatic heterocycles. The number of nitrogens with zero attached hydrogens (tertiary/aromatic N) is 2. The van der Waals surface area contributed by atoms with Gasteiger partial charge in [0, 0.05) is 38.8 Å². The van der Waals surface area contributed by atoms with Gasteiger partial charge in [0.1, 0.15) is 0 Å². The normalized spacial score (nSPS) is 11.5. The summed E-state index contributed by atoms with van der Waals surface area (Å²) in [6.45, 7) is 4.85. The van der Waals surface area contributed by atoms with Crippen LogP contribution in [0.2, 0.25) is 5.02 Å². The molecule has 0 radical (unpaired) electrons. The first-order valence-electron chi connectivity index (χ1n) is 6.42. The Kier molecular flexibility index (Phi) is 7.30. The van der Waals surface area contributed by atoms with Gasteiger partial charge in [0.25, 0.3) is 0 Å². The number of benzene rings is 1. The lowest BCUT2D eigenvalue weighted by Gasteiger charge is -2.22. The Labute approximate surface area is 120 Å². The Morgan fingerprint density at radius 1 is 1.42 bits per heavy atom. The van der Waals surface area contributed by atoms with Crippen LogP contribution in [0.15, 0.2) is 29.3 Å². The molecule has 0 saturated heterocycles. The number of aliphatic imine (C=N–C) groups is 1. The van der Waals surface area contributed by atoms with E-state index in [0.29, 0.717) is 13.2 Å². The van der Waals surface area contributed by atoms with Crippen LogP contribution in [-0.4, -0.2) is 44.7 Å². The van der Waals surface area contributed by atoms with Gasteiger partial charge >= 0.3 is 0 Å². The minimum absolute atomic E-state index is 0.676. The van der Waals surface area contributed by atoms with Crippen molar-refractivity contribution in [2.45, 2.75) is 13.5 Å². The minimum atomic E-state index is 0.676. The molecule has 19 heavy (non-hydrogen) atoms. The molecule has 1 aromatic carbocycles. The number of rotatable bonds is 6. The maximum absolute atomic E-state index is 6.15. The van der Waals surface area contributed by atoms with E-state index in [-0.39, 0.29) is 0 Å². The molecule has 0 aliphatic heterocycles. The molecule has 1 rings (SSSR count). The second-order valence-electron chi connectivity index (χ2n) is 4.12. The number of halogens is 1. The lowest BCUT2D eigenvalue weighted by Crippen LogP contribution is -2.40. The second kappa shape index (κ2) is 8.77. The van der Waals surface area contributed by atoms with Gasteiger partial charge in [-0.15, -0.1) is 0 Å². The lowest BCUT2D eigenvalue weighted by atomic mass is 10.2. The number of ether oxygens (including phenoxy) is 1. The third kappa shape index (κ3) is 5.49. The zero-order chi connectivity index (χ0) is 14.1. The van der Waals surface area contributed by atoms with Gasteiger partial charge in [0.2, 0.25) is 0 Å². The van der Waals surface area contributed by atoms with Crippen molar-refractivity contribution in [2.24, 2.45) is 4.99 Å². The molecule has 0 atom stereocenters. The molecule has 0 heterocycles. The highest BCUT2D eigenvalue weighted by Gasteiger charge is 2.08. The van der Waals surface area contributed by atoms with Gasteiger partial charge < -0.3 is 15.0 Å². The largest absolute Gasteiger partial charge is 0.380 e. The molecule has 0 spiro atoms. The van der Waals surface area contributed by atoms with E-state index in [0.717, 1.165) is 29.7 Å². The highest BCUT2D eigenvalue weighted by molar-refractivity contribution is 6.31. The fraction of sp³-hybridized carbons (Fsp3) is 0.500. The molecular formula is C14H22ClN3O. The van der Waals surface area contributed by atoms with Crippen molar-refractivity contribution >= 4 is 17.6 Å². The van der Waals surface area contributed by atoms with E-state index < -0.39 is 0 Å². The molecule has 0 fully saturated rings. The molecule has 106 valence electrons. The van der Waals surface area contributed by atoms with Crippen molar-refractivity contribution in [3.63, 3.8) is 0 Å². The van der Waals surface area contributed by atoms with E-state index in [9.17, 15) is 0 Å². The molecule has 0 unspecified atom stereocenters.